The molecule has 2 rings (SSSR count). The molecule has 1 aromatic rings. The number of carbonyl (C=O) groups excluding carboxylic acids is 1. The van der Waals surface area contributed by atoms with E-state index in [9.17, 15) is 20.0 Å². The van der Waals surface area contributed by atoms with Crippen LogP contribution >= 0.6 is 11.3 Å². The van der Waals surface area contributed by atoms with Crippen molar-refractivity contribution in [3.8, 4) is 0 Å². The van der Waals surface area contributed by atoms with E-state index in [1.165, 1.54) is 13.0 Å². The molecule has 1 unspecified atom stereocenters. The number of anilines is 1. The molecule has 0 spiro atoms. The van der Waals surface area contributed by atoms with E-state index in [-0.39, 0.29) is 11.5 Å². The Hall–Kier alpha value is -1.47. The molecule has 0 aromatic carbocycles. The third kappa shape index (κ3) is 2.29. The van der Waals surface area contributed by atoms with Gasteiger partial charge in [-0.2, -0.15) is 0 Å². The van der Waals surface area contributed by atoms with Gasteiger partial charge < -0.3 is 10.0 Å². The van der Waals surface area contributed by atoms with Crippen molar-refractivity contribution in [3.63, 3.8) is 0 Å². The molecule has 1 aliphatic heterocycles. The summed E-state index contributed by atoms with van der Waals surface area (Å²) in [7, 11) is 0. The number of nitrogens with zero attached hydrogens (tertiary/aromatic N) is 2. The molecule has 1 atom stereocenters. The minimum Gasteiger partial charge on any atom is -0.391 e. The molecular formula is C10H12N2O4S. The third-order valence-corrected chi connectivity index (χ3v) is 3.97. The Balaban J connectivity index is 2.37. The third-order valence-electron chi connectivity index (χ3n) is 2.69. The van der Waals surface area contributed by atoms with Gasteiger partial charge in [-0.1, -0.05) is 0 Å². The number of thiophene rings is 1. The fourth-order valence-electron chi connectivity index (χ4n) is 1.83. The van der Waals surface area contributed by atoms with Crippen LogP contribution in [0.1, 0.15) is 23.0 Å². The molecule has 7 heteroatoms. The highest BCUT2D eigenvalue weighted by molar-refractivity contribution is 7.18. The maximum atomic E-state index is 11.2. The first-order valence-electron chi connectivity index (χ1n) is 5.21. The lowest BCUT2D eigenvalue weighted by atomic mass is 10.3. The Labute approximate surface area is 102 Å². The van der Waals surface area contributed by atoms with Crippen LogP contribution in [-0.4, -0.2) is 35.0 Å². The summed E-state index contributed by atoms with van der Waals surface area (Å²) in [5, 5.41) is 20.8. The Morgan fingerprint density at radius 1 is 1.71 bits per heavy atom. The number of ketones is 1. The number of aliphatic hydroxyl groups is 1. The number of nitro groups is 1. The quantitative estimate of drug-likeness (QED) is 0.502. The van der Waals surface area contributed by atoms with E-state index in [0.717, 1.165) is 11.3 Å². The highest BCUT2D eigenvalue weighted by Crippen LogP contribution is 2.39. The molecule has 0 amide bonds. The molecule has 17 heavy (non-hydrogen) atoms. The summed E-state index contributed by atoms with van der Waals surface area (Å²) in [6, 6.07) is 1.31. The first-order chi connectivity index (χ1) is 7.99. The minimum atomic E-state index is -0.483. The summed E-state index contributed by atoms with van der Waals surface area (Å²) in [5.74, 6) is -0.177. The molecule has 6 nitrogen and oxygen atoms in total. The Bertz CT molecular complexity index is 471. The molecule has 2 heterocycles. The van der Waals surface area contributed by atoms with E-state index in [2.05, 4.69) is 0 Å². The van der Waals surface area contributed by atoms with E-state index in [0.29, 0.717) is 29.4 Å². The second-order valence-corrected chi connectivity index (χ2v) is 5.03. The van der Waals surface area contributed by atoms with Gasteiger partial charge in [0.2, 0.25) is 0 Å². The van der Waals surface area contributed by atoms with Crippen molar-refractivity contribution >= 4 is 27.8 Å². The zero-order valence-corrected chi connectivity index (χ0v) is 10.1. The van der Waals surface area contributed by atoms with Crippen molar-refractivity contribution in [1.82, 2.24) is 0 Å². The predicted octanol–water partition coefficient (Wildman–Crippen LogP) is 1.43. The van der Waals surface area contributed by atoms with Crippen molar-refractivity contribution in [2.75, 3.05) is 18.0 Å². The van der Waals surface area contributed by atoms with Gasteiger partial charge in [-0.15, -0.1) is 11.3 Å². The average molecular weight is 256 g/mol. The van der Waals surface area contributed by atoms with Gasteiger partial charge in [-0.05, 0) is 13.3 Å². The minimum absolute atomic E-state index is 0.0469. The van der Waals surface area contributed by atoms with Crippen molar-refractivity contribution < 1.29 is 14.8 Å². The smallest absolute Gasteiger partial charge is 0.304 e. The lowest BCUT2D eigenvalue weighted by Gasteiger charge is -2.14. The maximum Gasteiger partial charge on any atom is 0.304 e. The summed E-state index contributed by atoms with van der Waals surface area (Å²) >= 11 is 1.12. The van der Waals surface area contributed by atoms with Gasteiger partial charge in [0.1, 0.15) is 0 Å². The lowest BCUT2D eigenvalue weighted by molar-refractivity contribution is -0.383. The zero-order valence-electron chi connectivity index (χ0n) is 9.25. The summed E-state index contributed by atoms with van der Waals surface area (Å²) in [5.41, 5.74) is -0.0469. The molecule has 0 bridgehead atoms. The molecule has 1 saturated heterocycles. The number of hydrogen-bond acceptors (Lipinski definition) is 6. The van der Waals surface area contributed by atoms with Gasteiger partial charge in [-0.3, -0.25) is 14.9 Å². The molecule has 1 aromatic heterocycles. The van der Waals surface area contributed by atoms with Crippen molar-refractivity contribution in [3.05, 3.63) is 21.1 Å². The Morgan fingerprint density at radius 2 is 2.41 bits per heavy atom. The van der Waals surface area contributed by atoms with E-state index >= 15 is 0 Å². The molecule has 1 N–H and O–H groups in total. The number of aliphatic hydroxyl groups excluding tert-OH is 1. The van der Waals surface area contributed by atoms with Gasteiger partial charge in [-0.25, -0.2) is 0 Å². The van der Waals surface area contributed by atoms with Crippen LogP contribution in [0.15, 0.2) is 6.07 Å². The number of Topliss-reactive ketones (excluding diaryl/α,β-unsaturated/α-hetero) is 1. The van der Waals surface area contributed by atoms with Gasteiger partial charge >= 0.3 is 5.69 Å². The SMILES string of the molecule is CC(=O)c1cc([N+](=O)[O-])c(N2CCC(O)C2)s1. The average Bonchev–Trinajstić information content (AvgIpc) is 2.82. The van der Waals surface area contributed by atoms with Crippen molar-refractivity contribution in [2.45, 2.75) is 19.4 Å². The van der Waals surface area contributed by atoms with Crippen LogP contribution in [0.2, 0.25) is 0 Å². The highest BCUT2D eigenvalue weighted by Gasteiger charge is 2.29. The topological polar surface area (TPSA) is 83.7 Å². The normalized spacial score (nSPS) is 19.6. The maximum absolute atomic E-state index is 11.2. The molecule has 0 saturated carbocycles. The van der Waals surface area contributed by atoms with E-state index in [1.807, 2.05) is 0 Å². The molecular weight excluding hydrogens is 244 g/mol. The van der Waals surface area contributed by atoms with E-state index < -0.39 is 11.0 Å². The number of rotatable bonds is 3. The second kappa shape index (κ2) is 4.42. The van der Waals surface area contributed by atoms with Gasteiger partial charge in [0.15, 0.2) is 10.8 Å². The second-order valence-electron chi connectivity index (χ2n) is 4.00. The molecule has 1 fully saturated rings. The number of hydrogen-bond donors (Lipinski definition) is 1. The first-order valence-corrected chi connectivity index (χ1v) is 6.03. The monoisotopic (exact) mass is 256 g/mol. The zero-order chi connectivity index (χ0) is 12.6. The standard InChI is InChI=1S/C10H12N2O4S/c1-6(13)9-4-8(12(15)16)10(17-9)11-3-2-7(14)5-11/h4,7,14H,2-3,5H2,1H3. The van der Waals surface area contributed by atoms with Crippen LogP contribution in [0.3, 0.4) is 0 Å². The molecule has 0 aliphatic carbocycles. The summed E-state index contributed by atoms with van der Waals surface area (Å²) in [6.07, 6.45) is 0.155. The van der Waals surface area contributed by atoms with Gasteiger partial charge in [0.25, 0.3) is 0 Å². The van der Waals surface area contributed by atoms with Crippen LogP contribution in [0.5, 0.6) is 0 Å². The fourth-order valence-corrected chi connectivity index (χ4v) is 2.88. The lowest BCUT2D eigenvalue weighted by Crippen LogP contribution is -2.20. The van der Waals surface area contributed by atoms with Crippen molar-refractivity contribution in [1.29, 1.82) is 0 Å². The summed E-state index contributed by atoms with van der Waals surface area (Å²) in [4.78, 5) is 23.8. The van der Waals surface area contributed by atoms with Crippen LogP contribution in [-0.2, 0) is 0 Å². The Morgan fingerprint density at radius 3 is 2.88 bits per heavy atom. The summed E-state index contributed by atoms with van der Waals surface area (Å²) in [6.45, 7) is 2.36. The van der Waals surface area contributed by atoms with Gasteiger partial charge in [0.05, 0.1) is 15.9 Å². The van der Waals surface area contributed by atoms with Crippen LogP contribution in [0, 0.1) is 10.1 Å². The van der Waals surface area contributed by atoms with Gasteiger partial charge in [0, 0.05) is 19.2 Å². The number of carbonyl (C=O) groups is 1. The largest absolute Gasteiger partial charge is 0.391 e. The van der Waals surface area contributed by atoms with Crippen LogP contribution < -0.4 is 4.90 Å². The predicted molar refractivity (Wildman–Crippen MR) is 63.8 cm³/mol. The molecule has 92 valence electrons. The summed E-state index contributed by atoms with van der Waals surface area (Å²) < 4.78 is 0. The van der Waals surface area contributed by atoms with E-state index in [1.54, 1.807) is 4.90 Å². The molecule has 0 radical (unpaired) electrons. The fraction of sp³-hybridized carbons (Fsp3) is 0.500. The van der Waals surface area contributed by atoms with E-state index in [4.69, 9.17) is 0 Å². The molecule has 1 aliphatic rings. The van der Waals surface area contributed by atoms with Crippen LogP contribution in [0.25, 0.3) is 0 Å². The Kier molecular flexibility index (Phi) is 3.12. The number of β-amino-alcohol motifs (C(OH)–C–C–N with tert-alkyl or cyclic N) is 1. The van der Waals surface area contributed by atoms with Crippen LogP contribution in [0.4, 0.5) is 10.7 Å². The first kappa shape index (κ1) is 12.0. The highest BCUT2D eigenvalue weighted by atomic mass is 32.1. The van der Waals surface area contributed by atoms with Crippen molar-refractivity contribution in [2.24, 2.45) is 0 Å².